The molecule has 0 saturated heterocycles. The van der Waals surface area contributed by atoms with Gasteiger partial charge < -0.3 is 4.98 Å². The Morgan fingerprint density at radius 3 is 2.32 bits per heavy atom. The first-order valence-corrected chi connectivity index (χ1v) is 7.50. The van der Waals surface area contributed by atoms with Crippen LogP contribution >= 0.6 is 0 Å². The molecule has 0 amide bonds. The zero-order chi connectivity index (χ0) is 14.0. The van der Waals surface area contributed by atoms with Gasteiger partial charge in [-0.25, -0.2) is 4.98 Å². The van der Waals surface area contributed by atoms with Gasteiger partial charge in [0.15, 0.2) is 5.03 Å². The Morgan fingerprint density at radius 1 is 1.21 bits per heavy atom. The van der Waals surface area contributed by atoms with Crippen LogP contribution in [-0.2, 0) is 10.0 Å². The molecule has 102 valence electrons. The molecule has 0 aliphatic rings. The minimum absolute atomic E-state index is 0.118. The molecule has 0 fully saturated rings. The highest BCUT2D eigenvalue weighted by molar-refractivity contribution is 7.92. The van der Waals surface area contributed by atoms with Crippen LogP contribution in [0.4, 0.5) is 5.69 Å². The fourth-order valence-electron chi connectivity index (χ4n) is 1.85. The quantitative estimate of drug-likeness (QED) is 0.933. The van der Waals surface area contributed by atoms with Gasteiger partial charge in [-0.15, -0.1) is 0 Å². The zero-order valence-corrected chi connectivity index (χ0v) is 12.0. The van der Waals surface area contributed by atoms with Gasteiger partial charge in [0.1, 0.15) is 5.82 Å². The van der Waals surface area contributed by atoms with E-state index in [0.717, 1.165) is 5.56 Å². The summed E-state index contributed by atoms with van der Waals surface area (Å²) in [4.78, 5) is 6.72. The first kappa shape index (κ1) is 13.6. The topological polar surface area (TPSA) is 66.1 Å². The second-order valence-electron chi connectivity index (χ2n) is 4.34. The highest BCUT2D eigenvalue weighted by atomic mass is 32.2. The molecule has 5 nitrogen and oxygen atoms in total. The highest BCUT2D eigenvalue weighted by Gasteiger charge is 2.25. The molecule has 0 spiro atoms. The van der Waals surface area contributed by atoms with Gasteiger partial charge in [-0.3, -0.25) is 4.31 Å². The van der Waals surface area contributed by atoms with Crippen molar-refractivity contribution in [3.8, 4) is 0 Å². The standard InChI is InChI=1S/C13H17N3O2S/c1-4-16(12-7-5-10(2)6-8-12)19(17,18)13-9-14-11(3)15-13/h5-9H,4H2,1-3H3,(H,14,15). The summed E-state index contributed by atoms with van der Waals surface area (Å²) < 4.78 is 26.4. The first-order valence-electron chi connectivity index (χ1n) is 6.06. The molecule has 0 aliphatic carbocycles. The third kappa shape index (κ3) is 2.63. The molecule has 6 heteroatoms. The third-order valence-corrected chi connectivity index (χ3v) is 4.67. The Hall–Kier alpha value is -1.82. The minimum Gasteiger partial charge on any atom is -0.332 e. The summed E-state index contributed by atoms with van der Waals surface area (Å²) in [6.07, 6.45) is 1.35. The Bertz CT molecular complexity index is 659. The van der Waals surface area contributed by atoms with Crippen LogP contribution in [0.2, 0.25) is 0 Å². The van der Waals surface area contributed by atoms with Crippen molar-refractivity contribution < 1.29 is 8.42 Å². The number of hydrogen-bond donors (Lipinski definition) is 1. The molecule has 0 radical (unpaired) electrons. The van der Waals surface area contributed by atoms with Gasteiger partial charge >= 0.3 is 0 Å². The molecule has 2 aromatic rings. The van der Waals surface area contributed by atoms with Crippen LogP contribution in [0, 0.1) is 13.8 Å². The van der Waals surface area contributed by atoms with Crippen molar-refractivity contribution in [2.45, 2.75) is 25.8 Å². The van der Waals surface area contributed by atoms with Crippen LogP contribution in [0.15, 0.2) is 35.5 Å². The van der Waals surface area contributed by atoms with Gasteiger partial charge in [0.25, 0.3) is 10.0 Å². The zero-order valence-electron chi connectivity index (χ0n) is 11.2. The number of rotatable bonds is 4. The minimum atomic E-state index is -3.58. The Morgan fingerprint density at radius 2 is 1.84 bits per heavy atom. The van der Waals surface area contributed by atoms with Crippen molar-refractivity contribution in [2.75, 3.05) is 10.8 Å². The van der Waals surface area contributed by atoms with Gasteiger partial charge in [0.05, 0.1) is 11.9 Å². The Balaban J connectivity index is 2.44. The van der Waals surface area contributed by atoms with E-state index >= 15 is 0 Å². The lowest BCUT2D eigenvalue weighted by Gasteiger charge is -2.21. The summed E-state index contributed by atoms with van der Waals surface area (Å²) in [6.45, 7) is 5.86. The molecular formula is C13H17N3O2S. The second kappa shape index (κ2) is 5.05. The maximum absolute atomic E-state index is 12.5. The molecule has 1 aromatic heterocycles. The third-order valence-electron chi connectivity index (χ3n) is 2.86. The normalized spacial score (nSPS) is 11.5. The molecule has 1 N–H and O–H groups in total. The van der Waals surface area contributed by atoms with E-state index in [1.165, 1.54) is 10.5 Å². The molecule has 19 heavy (non-hydrogen) atoms. The number of aryl methyl sites for hydroxylation is 2. The van der Waals surface area contributed by atoms with Crippen molar-refractivity contribution in [2.24, 2.45) is 0 Å². The Labute approximate surface area is 113 Å². The van der Waals surface area contributed by atoms with E-state index in [2.05, 4.69) is 9.97 Å². The average molecular weight is 279 g/mol. The van der Waals surface area contributed by atoms with Gasteiger partial charge in [0, 0.05) is 6.54 Å². The van der Waals surface area contributed by atoms with E-state index in [-0.39, 0.29) is 5.03 Å². The summed E-state index contributed by atoms with van der Waals surface area (Å²) in [7, 11) is -3.58. The number of benzene rings is 1. The van der Waals surface area contributed by atoms with Gasteiger partial charge in [-0.1, -0.05) is 17.7 Å². The number of nitrogens with zero attached hydrogens (tertiary/aromatic N) is 2. The summed E-state index contributed by atoms with van der Waals surface area (Å²) in [5, 5.41) is 0.118. The molecule has 0 bridgehead atoms. The fourth-order valence-corrected chi connectivity index (χ4v) is 3.29. The highest BCUT2D eigenvalue weighted by Crippen LogP contribution is 2.22. The number of aromatic amines is 1. The van der Waals surface area contributed by atoms with Gasteiger partial charge in [-0.2, -0.15) is 8.42 Å². The van der Waals surface area contributed by atoms with E-state index in [9.17, 15) is 8.42 Å². The second-order valence-corrected chi connectivity index (χ2v) is 6.17. The van der Waals surface area contributed by atoms with Crippen LogP contribution < -0.4 is 4.31 Å². The smallest absolute Gasteiger partial charge is 0.281 e. The van der Waals surface area contributed by atoms with Gasteiger partial charge in [0.2, 0.25) is 0 Å². The van der Waals surface area contributed by atoms with Crippen LogP contribution in [0.25, 0.3) is 0 Å². The number of imidazole rings is 1. The monoisotopic (exact) mass is 279 g/mol. The van der Waals surface area contributed by atoms with Crippen molar-refractivity contribution in [3.05, 3.63) is 41.9 Å². The lowest BCUT2D eigenvalue weighted by Crippen LogP contribution is -2.31. The van der Waals surface area contributed by atoms with Crippen molar-refractivity contribution >= 4 is 15.7 Å². The SMILES string of the molecule is CCN(c1ccc(C)cc1)S(=O)(=O)c1cnc(C)[nH]1. The first-order chi connectivity index (χ1) is 8.95. The summed E-state index contributed by atoms with van der Waals surface area (Å²) in [5.41, 5.74) is 1.75. The van der Waals surface area contributed by atoms with Crippen LogP contribution in [0.3, 0.4) is 0 Å². The van der Waals surface area contributed by atoms with Crippen molar-refractivity contribution in [1.82, 2.24) is 9.97 Å². The maximum atomic E-state index is 12.5. The summed E-state index contributed by atoms with van der Waals surface area (Å²) in [5.74, 6) is 0.582. The van der Waals surface area contributed by atoms with Crippen LogP contribution in [-0.4, -0.2) is 24.9 Å². The van der Waals surface area contributed by atoms with E-state index in [1.807, 2.05) is 19.1 Å². The van der Waals surface area contributed by atoms with E-state index in [4.69, 9.17) is 0 Å². The Kier molecular flexibility index (Phi) is 3.61. The summed E-state index contributed by atoms with van der Waals surface area (Å²) >= 11 is 0. The number of sulfonamides is 1. The largest absolute Gasteiger partial charge is 0.332 e. The molecule has 1 aromatic carbocycles. The van der Waals surface area contributed by atoms with E-state index < -0.39 is 10.0 Å². The molecule has 0 atom stereocenters. The number of hydrogen-bond acceptors (Lipinski definition) is 3. The fraction of sp³-hybridized carbons (Fsp3) is 0.308. The predicted octanol–water partition coefficient (Wildman–Crippen LogP) is 2.24. The van der Waals surface area contributed by atoms with E-state index in [1.54, 1.807) is 26.0 Å². The molecule has 0 aliphatic heterocycles. The lowest BCUT2D eigenvalue weighted by atomic mass is 10.2. The molecular weight excluding hydrogens is 262 g/mol. The predicted molar refractivity (Wildman–Crippen MR) is 74.7 cm³/mol. The molecule has 1 heterocycles. The molecule has 0 saturated carbocycles. The van der Waals surface area contributed by atoms with Crippen LogP contribution in [0.1, 0.15) is 18.3 Å². The lowest BCUT2D eigenvalue weighted by molar-refractivity contribution is 0.588. The molecule has 2 rings (SSSR count). The number of anilines is 1. The summed E-state index contributed by atoms with van der Waals surface area (Å²) in [6, 6.07) is 7.40. The number of nitrogens with one attached hydrogen (secondary N) is 1. The van der Waals surface area contributed by atoms with Crippen molar-refractivity contribution in [1.29, 1.82) is 0 Å². The van der Waals surface area contributed by atoms with Crippen LogP contribution in [0.5, 0.6) is 0 Å². The van der Waals surface area contributed by atoms with Gasteiger partial charge in [-0.05, 0) is 32.9 Å². The maximum Gasteiger partial charge on any atom is 0.281 e. The van der Waals surface area contributed by atoms with E-state index in [0.29, 0.717) is 18.1 Å². The van der Waals surface area contributed by atoms with Crippen molar-refractivity contribution in [3.63, 3.8) is 0 Å². The molecule has 0 unspecified atom stereocenters. The number of H-pyrrole nitrogens is 1. The number of aromatic nitrogens is 2. The average Bonchev–Trinajstić information content (AvgIpc) is 2.80.